The smallest absolute Gasteiger partial charge is 0.324 e. The first-order valence-electron chi connectivity index (χ1n) is 9.02. The van der Waals surface area contributed by atoms with E-state index >= 15 is 0 Å². The molecule has 0 aromatic heterocycles. The zero-order valence-electron chi connectivity index (χ0n) is 15.6. The van der Waals surface area contributed by atoms with Crippen LogP contribution in [0.4, 0.5) is 0 Å². The number of unbranched alkanes of at least 4 members (excludes halogenated alkanes) is 1. The summed E-state index contributed by atoms with van der Waals surface area (Å²) in [6, 6.07) is 0. The van der Waals surface area contributed by atoms with Gasteiger partial charge >= 0.3 is 11.9 Å². The maximum atomic E-state index is 12.2. The normalized spacial score (nSPS) is 22.7. The lowest BCUT2D eigenvalue weighted by atomic mass is 9.86. The van der Waals surface area contributed by atoms with E-state index in [1.165, 1.54) is 0 Å². The van der Waals surface area contributed by atoms with Crippen molar-refractivity contribution in [3.05, 3.63) is 12.2 Å². The molecular weight excluding hydrogens is 308 g/mol. The lowest BCUT2D eigenvalue weighted by Gasteiger charge is -2.27. The molecule has 3 atom stereocenters. The predicted octanol–water partition coefficient (Wildman–Crippen LogP) is 3.25. The Balaban J connectivity index is 2.83. The Kier molecular flexibility index (Phi) is 7.46. The topological polar surface area (TPSA) is 72.8 Å². The average Bonchev–Trinajstić information content (AvgIpc) is 3.27. The molecule has 24 heavy (non-hydrogen) atoms. The predicted molar refractivity (Wildman–Crippen MR) is 92.3 cm³/mol. The molecule has 1 aliphatic rings. The van der Waals surface area contributed by atoms with Crippen LogP contribution in [-0.4, -0.2) is 35.9 Å². The average molecular weight is 340 g/mol. The molecule has 1 rings (SSSR count). The molecule has 0 spiro atoms. The molecule has 5 nitrogen and oxygen atoms in total. The first kappa shape index (κ1) is 20.7. The third kappa shape index (κ3) is 4.59. The number of allylic oxidation sites excluding steroid dienone is 1. The van der Waals surface area contributed by atoms with Gasteiger partial charge in [-0.15, -0.1) is 0 Å². The number of hydrogen-bond acceptors (Lipinski definition) is 5. The highest BCUT2D eigenvalue weighted by Gasteiger charge is 2.67. The molecule has 0 aromatic rings. The summed E-state index contributed by atoms with van der Waals surface area (Å²) in [5.41, 5.74) is -2.20. The van der Waals surface area contributed by atoms with Gasteiger partial charge < -0.3 is 14.6 Å². The van der Waals surface area contributed by atoms with Crippen LogP contribution in [0.15, 0.2) is 12.2 Å². The number of esters is 2. The van der Waals surface area contributed by atoms with Crippen LogP contribution in [0.5, 0.6) is 0 Å². The van der Waals surface area contributed by atoms with Crippen molar-refractivity contribution in [1.82, 2.24) is 0 Å². The molecule has 5 heteroatoms. The van der Waals surface area contributed by atoms with Crippen LogP contribution in [0, 0.1) is 17.3 Å². The molecule has 1 aliphatic carbocycles. The Morgan fingerprint density at radius 2 is 1.79 bits per heavy atom. The van der Waals surface area contributed by atoms with Crippen LogP contribution in [0.1, 0.15) is 60.3 Å². The minimum absolute atomic E-state index is 0.104. The number of aliphatic hydroxyl groups is 1. The summed E-state index contributed by atoms with van der Waals surface area (Å²) in [6.07, 6.45) is 6.94. The molecule has 138 valence electrons. The fourth-order valence-electron chi connectivity index (χ4n) is 2.87. The zero-order valence-corrected chi connectivity index (χ0v) is 15.6. The van der Waals surface area contributed by atoms with Gasteiger partial charge in [0.15, 0.2) is 5.41 Å². The van der Waals surface area contributed by atoms with E-state index in [1.807, 2.05) is 6.92 Å². The first-order valence-corrected chi connectivity index (χ1v) is 9.02. The van der Waals surface area contributed by atoms with E-state index in [9.17, 15) is 14.7 Å². The highest BCUT2D eigenvalue weighted by Crippen LogP contribution is 2.55. The largest absolute Gasteiger partial charge is 0.465 e. The van der Waals surface area contributed by atoms with Crippen LogP contribution >= 0.6 is 0 Å². The number of ether oxygens (including phenoxy) is 2. The van der Waals surface area contributed by atoms with Gasteiger partial charge in [-0.05, 0) is 39.5 Å². The first-order chi connectivity index (χ1) is 11.3. The Bertz CT molecular complexity index is 448. The minimum Gasteiger partial charge on any atom is -0.465 e. The Hall–Kier alpha value is -1.36. The van der Waals surface area contributed by atoms with E-state index in [0.29, 0.717) is 6.42 Å². The van der Waals surface area contributed by atoms with E-state index in [1.54, 1.807) is 32.9 Å². The Morgan fingerprint density at radius 1 is 1.25 bits per heavy atom. The quantitative estimate of drug-likeness (QED) is 0.375. The van der Waals surface area contributed by atoms with Gasteiger partial charge in [0.25, 0.3) is 0 Å². The number of hydrogen-bond donors (Lipinski definition) is 1. The second kappa shape index (κ2) is 8.65. The van der Waals surface area contributed by atoms with Crippen LogP contribution < -0.4 is 0 Å². The van der Waals surface area contributed by atoms with Gasteiger partial charge in [0.1, 0.15) is 0 Å². The highest BCUT2D eigenvalue weighted by molar-refractivity contribution is 6.04. The maximum Gasteiger partial charge on any atom is 0.324 e. The molecule has 0 heterocycles. The lowest BCUT2D eigenvalue weighted by molar-refractivity contribution is -0.164. The van der Waals surface area contributed by atoms with Gasteiger partial charge in [0, 0.05) is 5.92 Å². The van der Waals surface area contributed by atoms with Crippen LogP contribution in [0.3, 0.4) is 0 Å². The van der Waals surface area contributed by atoms with Crippen molar-refractivity contribution in [2.75, 3.05) is 13.2 Å². The fourth-order valence-corrected chi connectivity index (χ4v) is 2.87. The molecule has 0 radical (unpaired) electrons. The molecular formula is C19H32O5. The van der Waals surface area contributed by atoms with E-state index < -0.39 is 23.0 Å². The Labute approximate surface area is 145 Å². The number of carbonyl (C=O) groups is 2. The van der Waals surface area contributed by atoms with Crippen molar-refractivity contribution in [1.29, 1.82) is 0 Å². The molecule has 0 saturated heterocycles. The van der Waals surface area contributed by atoms with Crippen LogP contribution in [0.2, 0.25) is 0 Å². The van der Waals surface area contributed by atoms with Crippen molar-refractivity contribution in [3.8, 4) is 0 Å². The molecule has 1 saturated carbocycles. The van der Waals surface area contributed by atoms with Crippen molar-refractivity contribution in [2.45, 2.75) is 65.9 Å². The summed E-state index contributed by atoms with van der Waals surface area (Å²) in [5, 5.41) is 10.6. The molecule has 0 aromatic carbocycles. The third-order valence-electron chi connectivity index (χ3n) is 4.95. The van der Waals surface area contributed by atoms with Crippen molar-refractivity contribution >= 4 is 11.9 Å². The number of rotatable bonds is 10. The molecule has 0 amide bonds. The summed E-state index contributed by atoms with van der Waals surface area (Å²) in [4.78, 5) is 24.5. The summed E-state index contributed by atoms with van der Waals surface area (Å²) in [5.74, 6) is -1.24. The second-order valence-corrected chi connectivity index (χ2v) is 6.85. The van der Waals surface area contributed by atoms with Crippen LogP contribution in [0.25, 0.3) is 0 Å². The van der Waals surface area contributed by atoms with Gasteiger partial charge in [0.2, 0.25) is 0 Å². The monoisotopic (exact) mass is 340 g/mol. The Morgan fingerprint density at radius 3 is 2.25 bits per heavy atom. The maximum absolute atomic E-state index is 12.2. The highest BCUT2D eigenvalue weighted by atomic mass is 16.6. The van der Waals surface area contributed by atoms with Crippen LogP contribution in [-0.2, 0) is 19.1 Å². The van der Waals surface area contributed by atoms with E-state index in [-0.39, 0.29) is 25.0 Å². The third-order valence-corrected chi connectivity index (χ3v) is 4.95. The molecule has 0 aliphatic heterocycles. The number of carbonyl (C=O) groups excluding carboxylic acids is 2. The van der Waals surface area contributed by atoms with Gasteiger partial charge in [-0.1, -0.05) is 38.8 Å². The van der Waals surface area contributed by atoms with Gasteiger partial charge in [-0.25, -0.2) is 0 Å². The van der Waals surface area contributed by atoms with Gasteiger partial charge in [0.05, 0.1) is 18.8 Å². The van der Waals surface area contributed by atoms with Crippen molar-refractivity contribution in [3.63, 3.8) is 0 Å². The summed E-state index contributed by atoms with van der Waals surface area (Å²) in [6.45, 7) is 9.77. The minimum atomic E-state index is -1.23. The van der Waals surface area contributed by atoms with E-state index in [4.69, 9.17) is 9.47 Å². The summed E-state index contributed by atoms with van der Waals surface area (Å²) in [7, 11) is 0. The van der Waals surface area contributed by atoms with Gasteiger partial charge in [-0.2, -0.15) is 0 Å². The molecule has 3 unspecified atom stereocenters. The SMILES string of the molecule is CCCCC(C)C(C)(O)/C=C/C1CC1(C(=O)OCC)C(=O)OCC. The zero-order chi connectivity index (χ0) is 18.4. The fraction of sp³-hybridized carbons (Fsp3) is 0.789. The summed E-state index contributed by atoms with van der Waals surface area (Å²) >= 11 is 0. The molecule has 1 fully saturated rings. The molecule has 1 N–H and O–H groups in total. The van der Waals surface area contributed by atoms with E-state index in [2.05, 4.69) is 6.92 Å². The van der Waals surface area contributed by atoms with Crippen molar-refractivity contribution < 1.29 is 24.2 Å². The van der Waals surface area contributed by atoms with Crippen molar-refractivity contribution in [2.24, 2.45) is 17.3 Å². The summed E-state index contributed by atoms with van der Waals surface area (Å²) < 4.78 is 10.1. The lowest BCUT2D eigenvalue weighted by Crippen LogP contribution is -2.32. The van der Waals surface area contributed by atoms with E-state index in [0.717, 1.165) is 19.3 Å². The molecule has 0 bridgehead atoms. The second-order valence-electron chi connectivity index (χ2n) is 6.85. The standard InChI is InChI=1S/C19H32O5/c1-6-9-10-14(4)18(5,22)12-11-15-13-19(15,16(20)23-7-2)17(21)24-8-3/h11-12,14-15,22H,6-10,13H2,1-5H3/b12-11+. The van der Waals surface area contributed by atoms with Gasteiger partial charge in [-0.3, -0.25) is 9.59 Å².